The number of hydrogen-bond acceptors (Lipinski definition) is 1. The van der Waals surface area contributed by atoms with Gasteiger partial charge in [0.2, 0.25) is 0 Å². The predicted molar refractivity (Wildman–Crippen MR) is 80.0 cm³/mol. The van der Waals surface area contributed by atoms with Gasteiger partial charge in [-0.2, -0.15) is 5.10 Å². The van der Waals surface area contributed by atoms with E-state index in [1.54, 1.807) is 0 Å². The number of hydrogen-bond donors (Lipinski definition) is 0. The van der Waals surface area contributed by atoms with E-state index < -0.39 is 0 Å². The van der Waals surface area contributed by atoms with Crippen molar-refractivity contribution in [3.63, 3.8) is 0 Å². The minimum absolute atomic E-state index is 0.393. The van der Waals surface area contributed by atoms with Crippen LogP contribution in [0.5, 0.6) is 0 Å². The molecule has 0 saturated heterocycles. The van der Waals surface area contributed by atoms with Crippen LogP contribution in [0.4, 0.5) is 0 Å². The van der Waals surface area contributed by atoms with Crippen LogP contribution in [0.25, 0.3) is 11.1 Å². The Kier molecular flexibility index (Phi) is 3.62. The van der Waals surface area contributed by atoms with E-state index in [2.05, 4.69) is 78.5 Å². The molecule has 2 aromatic rings. The minimum Gasteiger partial charge on any atom is -0.266 e. The number of nitrogens with zero attached hydrogens (tertiary/aromatic N) is 2. The Hall–Kier alpha value is -1.09. The Bertz CT molecular complexity index is 582. The molecule has 0 unspecified atom stereocenters. The van der Waals surface area contributed by atoms with Crippen LogP contribution in [0.1, 0.15) is 36.8 Å². The third-order valence-corrected chi connectivity index (χ3v) is 4.21. The molecule has 0 amide bonds. The van der Waals surface area contributed by atoms with Crippen molar-refractivity contribution in [3.05, 3.63) is 39.6 Å². The molecule has 18 heavy (non-hydrogen) atoms. The van der Waals surface area contributed by atoms with Gasteiger partial charge in [0.05, 0.1) is 5.69 Å². The van der Waals surface area contributed by atoms with E-state index in [9.17, 15) is 0 Å². The molecule has 0 atom stereocenters. The van der Waals surface area contributed by atoms with Crippen LogP contribution < -0.4 is 0 Å². The lowest BCUT2D eigenvalue weighted by Crippen LogP contribution is -2.04. The summed E-state index contributed by atoms with van der Waals surface area (Å²) in [4.78, 5) is 0. The molecule has 1 aromatic carbocycles. The van der Waals surface area contributed by atoms with E-state index in [1.807, 2.05) is 0 Å². The molecule has 0 fully saturated rings. The topological polar surface area (TPSA) is 17.8 Å². The summed E-state index contributed by atoms with van der Waals surface area (Å²) in [7, 11) is 0. The number of aryl methyl sites for hydroxylation is 1. The standard InChI is InChI=1S/C15H19BrN2/c1-9(2)18-12(5)15(11(4)17-18)13-7-6-8-14(16)10(13)3/h6-9H,1-5H3. The van der Waals surface area contributed by atoms with Crippen molar-refractivity contribution < 1.29 is 0 Å². The van der Waals surface area contributed by atoms with E-state index in [1.165, 1.54) is 22.4 Å². The summed E-state index contributed by atoms with van der Waals surface area (Å²) in [6, 6.07) is 6.72. The maximum atomic E-state index is 4.66. The zero-order chi connectivity index (χ0) is 13.4. The van der Waals surface area contributed by atoms with Crippen molar-refractivity contribution in [3.8, 4) is 11.1 Å². The summed E-state index contributed by atoms with van der Waals surface area (Å²) in [5.74, 6) is 0. The molecule has 3 heteroatoms. The molecule has 0 N–H and O–H groups in total. The van der Waals surface area contributed by atoms with Crippen LogP contribution >= 0.6 is 15.9 Å². The minimum atomic E-state index is 0.393. The van der Waals surface area contributed by atoms with Crippen molar-refractivity contribution >= 4 is 15.9 Å². The average Bonchev–Trinajstić information content (AvgIpc) is 2.59. The van der Waals surface area contributed by atoms with Gasteiger partial charge in [0.25, 0.3) is 0 Å². The molecule has 0 spiro atoms. The van der Waals surface area contributed by atoms with Crippen LogP contribution in [0, 0.1) is 20.8 Å². The normalized spacial score (nSPS) is 11.3. The highest BCUT2D eigenvalue weighted by Gasteiger charge is 2.17. The van der Waals surface area contributed by atoms with Crippen LogP contribution in [0.3, 0.4) is 0 Å². The number of benzene rings is 1. The predicted octanol–water partition coefficient (Wildman–Crippen LogP) is 4.82. The van der Waals surface area contributed by atoms with E-state index in [4.69, 9.17) is 0 Å². The molecule has 0 radical (unpaired) electrons. The molecule has 0 bridgehead atoms. The Balaban J connectivity index is 2.68. The zero-order valence-electron chi connectivity index (χ0n) is 11.6. The number of rotatable bonds is 2. The molecule has 1 heterocycles. The highest BCUT2D eigenvalue weighted by atomic mass is 79.9. The van der Waals surface area contributed by atoms with Gasteiger partial charge in [-0.25, -0.2) is 0 Å². The summed E-state index contributed by atoms with van der Waals surface area (Å²) in [5, 5.41) is 4.66. The fraction of sp³-hybridized carbons (Fsp3) is 0.400. The lowest BCUT2D eigenvalue weighted by Gasteiger charge is -2.11. The smallest absolute Gasteiger partial charge is 0.0675 e. The van der Waals surface area contributed by atoms with Gasteiger partial charge >= 0.3 is 0 Å². The Morgan fingerprint density at radius 3 is 2.39 bits per heavy atom. The number of aromatic nitrogens is 2. The number of halogens is 1. The van der Waals surface area contributed by atoms with Crippen molar-refractivity contribution in [1.82, 2.24) is 9.78 Å². The fourth-order valence-electron chi connectivity index (χ4n) is 2.43. The van der Waals surface area contributed by atoms with Crippen molar-refractivity contribution in [1.29, 1.82) is 0 Å². The zero-order valence-corrected chi connectivity index (χ0v) is 13.2. The molecular formula is C15H19BrN2. The van der Waals surface area contributed by atoms with Crippen LogP contribution in [-0.4, -0.2) is 9.78 Å². The Morgan fingerprint density at radius 1 is 1.17 bits per heavy atom. The summed E-state index contributed by atoms with van der Waals surface area (Å²) in [5.41, 5.74) is 6.15. The summed E-state index contributed by atoms with van der Waals surface area (Å²) in [6.07, 6.45) is 0. The van der Waals surface area contributed by atoms with Crippen LogP contribution in [-0.2, 0) is 0 Å². The molecule has 0 aliphatic carbocycles. The van der Waals surface area contributed by atoms with Gasteiger partial charge in [0, 0.05) is 21.8 Å². The highest BCUT2D eigenvalue weighted by Crippen LogP contribution is 2.33. The van der Waals surface area contributed by atoms with Crippen molar-refractivity contribution in [2.45, 2.75) is 40.7 Å². The molecule has 1 aromatic heterocycles. The second-order valence-corrected chi connectivity index (χ2v) is 5.85. The van der Waals surface area contributed by atoms with Gasteiger partial charge in [-0.15, -0.1) is 0 Å². The van der Waals surface area contributed by atoms with Gasteiger partial charge in [0.15, 0.2) is 0 Å². The highest BCUT2D eigenvalue weighted by molar-refractivity contribution is 9.10. The lowest BCUT2D eigenvalue weighted by atomic mass is 9.99. The second kappa shape index (κ2) is 4.88. The molecular weight excluding hydrogens is 288 g/mol. The van der Waals surface area contributed by atoms with E-state index in [0.29, 0.717) is 6.04 Å². The maximum absolute atomic E-state index is 4.66. The average molecular weight is 307 g/mol. The largest absolute Gasteiger partial charge is 0.266 e. The lowest BCUT2D eigenvalue weighted by molar-refractivity contribution is 0.516. The molecule has 2 nitrogen and oxygen atoms in total. The maximum Gasteiger partial charge on any atom is 0.0675 e. The van der Waals surface area contributed by atoms with Gasteiger partial charge < -0.3 is 0 Å². The third-order valence-electron chi connectivity index (χ3n) is 3.35. The van der Waals surface area contributed by atoms with E-state index in [-0.39, 0.29) is 0 Å². The Morgan fingerprint density at radius 2 is 1.83 bits per heavy atom. The Labute approximate surface area is 117 Å². The van der Waals surface area contributed by atoms with Gasteiger partial charge in [-0.3, -0.25) is 4.68 Å². The second-order valence-electron chi connectivity index (χ2n) is 5.00. The van der Waals surface area contributed by atoms with Gasteiger partial charge in [-0.1, -0.05) is 28.1 Å². The molecule has 0 aliphatic heterocycles. The molecule has 96 valence electrons. The van der Waals surface area contributed by atoms with Crippen molar-refractivity contribution in [2.24, 2.45) is 0 Å². The van der Waals surface area contributed by atoms with Crippen molar-refractivity contribution in [2.75, 3.05) is 0 Å². The quantitative estimate of drug-likeness (QED) is 0.778. The van der Waals surface area contributed by atoms with E-state index in [0.717, 1.165) is 10.2 Å². The first kappa shape index (κ1) is 13.3. The molecule has 0 aliphatic rings. The van der Waals surface area contributed by atoms with Gasteiger partial charge in [0.1, 0.15) is 0 Å². The van der Waals surface area contributed by atoms with Gasteiger partial charge in [-0.05, 0) is 51.8 Å². The summed E-state index contributed by atoms with van der Waals surface area (Å²) >= 11 is 3.60. The van der Waals surface area contributed by atoms with Crippen LogP contribution in [0.2, 0.25) is 0 Å². The first-order chi connectivity index (χ1) is 8.43. The SMILES string of the molecule is Cc1nn(C(C)C)c(C)c1-c1cccc(Br)c1C. The molecule has 2 rings (SSSR count). The fourth-order valence-corrected chi connectivity index (χ4v) is 2.80. The van der Waals surface area contributed by atoms with E-state index >= 15 is 0 Å². The molecule has 0 saturated carbocycles. The monoisotopic (exact) mass is 306 g/mol. The summed E-state index contributed by atoms with van der Waals surface area (Å²) in [6.45, 7) is 10.7. The first-order valence-corrected chi connectivity index (χ1v) is 7.04. The summed E-state index contributed by atoms with van der Waals surface area (Å²) < 4.78 is 3.25. The third kappa shape index (κ3) is 2.12. The van der Waals surface area contributed by atoms with Crippen LogP contribution in [0.15, 0.2) is 22.7 Å². The first-order valence-electron chi connectivity index (χ1n) is 6.24.